The van der Waals surface area contributed by atoms with Crippen LogP contribution in [0.2, 0.25) is 0 Å². The second-order valence-corrected chi connectivity index (χ2v) is 6.74. The van der Waals surface area contributed by atoms with Crippen molar-refractivity contribution < 1.29 is 0 Å². The monoisotopic (exact) mass is 260 g/mol. The van der Waals surface area contributed by atoms with Gasteiger partial charge in [0.1, 0.15) is 0 Å². The second-order valence-electron chi connectivity index (χ2n) is 6.74. The number of hydrogen-bond donors (Lipinski definition) is 2. The molecule has 0 saturated heterocycles. The van der Waals surface area contributed by atoms with Crippen molar-refractivity contribution in [1.29, 1.82) is 0 Å². The second kappa shape index (κ2) is 6.06. The lowest BCUT2D eigenvalue weighted by atomic mass is 9.83. The van der Waals surface area contributed by atoms with Gasteiger partial charge in [0.25, 0.3) is 0 Å². The van der Waals surface area contributed by atoms with Crippen molar-refractivity contribution in [2.75, 3.05) is 6.54 Å². The lowest BCUT2D eigenvalue weighted by Gasteiger charge is -2.32. The van der Waals surface area contributed by atoms with Crippen LogP contribution in [0, 0.1) is 6.92 Å². The molecule has 1 aliphatic rings. The topological polar surface area (TPSA) is 38.0 Å². The van der Waals surface area contributed by atoms with E-state index in [2.05, 4.69) is 50.4 Å². The Labute approximate surface area is 117 Å². The van der Waals surface area contributed by atoms with Gasteiger partial charge in [-0.2, -0.15) is 0 Å². The van der Waals surface area contributed by atoms with E-state index in [1.54, 1.807) is 0 Å². The zero-order chi connectivity index (χ0) is 13.9. The maximum absolute atomic E-state index is 5.96. The summed E-state index contributed by atoms with van der Waals surface area (Å²) in [4.78, 5) is 0. The van der Waals surface area contributed by atoms with Crippen molar-refractivity contribution >= 4 is 0 Å². The molecule has 19 heavy (non-hydrogen) atoms. The van der Waals surface area contributed by atoms with E-state index in [-0.39, 0.29) is 5.41 Å². The van der Waals surface area contributed by atoms with Crippen molar-refractivity contribution in [3.8, 4) is 0 Å². The van der Waals surface area contributed by atoms with Crippen LogP contribution in [0.1, 0.15) is 50.7 Å². The highest BCUT2D eigenvalue weighted by atomic mass is 14.9. The maximum Gasteiger partial charge on any atom is 0.00685 e. The molecule has 2 heteroatoms. The van der Waals surface area contributed by atoms with Gasteiger partial charge in [-0.3, -0.25) is 0 Å². The third kappa shape index (κ3) is 4.05. The van der Waals surface area contributed by atoms with E-state index in [9.17, 15) is 0 Å². The van der Waals surface area contributed by atoms with Crippen LogP contribution in [0.5, 0.6) is 0 Å². The molecule has 106 valence electrons. The van der Waals surface area contributed by atoms with Gasteiger partial charge in [0.2, 0.25) is 0 Å². The Hall–Kier alpha value is -0.860. The number of nitrogens with two attached hydrogens (primary N) is 1. The van der Waals surface area contributed by atoms with E-state index in [1.165, 1.54) is 36.8 Å². The Bertz CT molecular complexity index is 386. The molecule has 0 amide bonds. The molecule has 0 bridgehead atoms. The van der Waals surface area contributed by atoms with E-state index in [1.807, 2.05) is 0 Å². The molecule has 1 saturated carbocycles. The number of hydrogen-bond acceptors (Lipinski definition) is 2. The molecule has 2 nitrogen and oxygen atoms in total. The molecule has 1 aromatic rings. The quantitative estimate of drug-likeness (QED) is 0.873. The predicted molar refractivity (Wildman–Crippen MR) is 82.4 cm³/mol. The van der Waals surface area contributed by atoms with Gasteiger partial charge in [-0.1, -0.05) is 43.7 Å². The first-order valence-electron chi connectivity index (χ1n) is 7.53. The highest BCUT2D eigenvalue weighted by molar-refractivity contribution is 5.27. The van der Waals surface area contributed by atoms with Crippen molar-refractivity contribution in [2.24, 2.45) is 5.73 Å². The van der Waals surface area contributed by atoms with Crippen LogP contribution in [0.4, 0.5) is 0 Å². The molecule has 0 radical (unpaired) electrons. The maximum atomic E-state index is 5.96. The fourth-order valence-corrected chi connectivity index (χ4v) is 2.83. The summed E-state index contributed by atoms with van der Waals surface area (Å²) in [5, 5.41) is 3.74. The van der Waals surface area contributed by atoms with Crippen LogP contribution in [0.15, 0.2) is 24.3 Å². The predicted octanol–water partition coefficient (Wildman–Crippen LogP) is 3.13. The molecule has 3 N–H and O–H groups in total. The molecule has 0 aliphatic heterocycles. The van der Waals surface area contributed by atoms with Crippen molar-refractivity contribution in [3.63, 3.8) is 0 Å². The third-order valence-electron chi connectivity index (χ3n) is 4.44. The van der Waals surface area contributed by atoms with Crippen LogP contribution < -0.4 is 11.1 Å². The molecule has 0 spiro atoms. The Morgan fingerprint density at radius 2 is 1.68 bits per heavy atom. The molecule has 1 fully saturated rings. The lowest BCUT2D eigenvalue weighted by molar-refractivity contribution is 0.320. The minimum Gasteiger partial charge on any atom is -0.328 e. The molecule has 1 aromatic carbocycles. The van der Waals surface area contributed by atoms with Crippen molar-refractivity contribution in [3.05, 3.63) is 35.4 Å². The normalized spacial score (nSPS) is 24.4. The highest BCUT2D eigenvalue weighted by Gasteiger charge is 2.24. The molecule has 0 heterocycles. The first kappa shape index (κ1) is 14.5. The van der Waals surface area contributed by atoms with E-state index in [4.69, 9.17) is 5.73 Å². The lowest BCUT2D eigenvalue weighted by Crippen LogP contribution is -2.42. The minimum absolute atomic E-state index is 0.188. The zero-order valence-electron chi connectivity index (χ0n) is 12.6. The molecule has 0 aromatic heterocycles. The van der Waals surface area contributed by atoms with Crippen LogP contribution in [-0.4, -0.2) is 18.6 Å². The minimum atomic E-state index is 0.188. The third-order valence-corrected chi connectivity index (χ3v) is 4.44. The van der Waals surface area contributed by atoms with E-state index in [0.29, 0.717) is 12.1 Å². The van der Waals surface area contributed by atoms with Gasteiger partial charge in [0.15, 0.2) is 0 Å². The highest BCUT2D eigenvalue weighted by Crippen LogP contribution is 2.24. The van der Waals surface area contributed by atoms with Crippen molar-refractivity contribution in [1.82, 2.24) is 5.32 Å². The van der Waals surface area contributed by atoms with Crippen LogP contribution in [0.25, 0.3) is 0 Å². The molecular formula is C17H28N2. The number of nitrogens with one attached hydrogen (secondary N) is 1. The van der Waals surface area contributed by atoms with Gasteiger partial charge in [0, 0.05) is 24.0 Å². The summed E-state index contributed by atoms with van der Waals surface area (Å²) >= 11 is 0. The fourth-order valence-electron chi connectivity index (χ4n) is 2.83. The Morgan fingerprint density at radius 3 is 2.26 bits per heavy atom. The fraction of sp³-hybridized carbons (Fsp3) is 0.647. The summed E-state index contributed by atoms with van der Waals surface area (Å²) in [5.41, 5.74) is 8.89. The van der Waals surface area contributed by atoms with Gasteiger partial charge < -0.3 is 11.1 Å². The summed E-state index contributed by atoms with van der Waals surface area (Å²) in [5.74, 6) is 0. The van der Waals surface area contributed by atoms with Crippen molar-refractivity contribution in [2.45, 2.75) is 64.0 Å². The SMILES string of the molecule is Cc1ccc(C(C)(C)CNC2CCC(N)CC2)cc1. The molecule has 1 aliphatic carbocycles. The molecular weight excluding hydrogens is 232 g/mol. The van der Waals surface area contributed by atoms with Gasteiger partial charge in [-0.15, -0.1) is 0 Å². The molecule has 0 atom stereocenters. The first-order valence-corrected chi connectivity index (χ1v) is 7.53. The van der Waals surface area contributed by atoms with Gasteiger partial charge >= 0.3 is 0 Å². The van der Waals surface area contributed by atoms with E-state index < -0.39 is 0 Å². The molecule has 2 rings (SSSR count). The van der Waals surface area contributed by atoms with Crippen LogP contribution >= 0.6 is 0 Å². The first-order chi connectivity index (χ1) is 8.97. The zero-order valence-corrected chi connectivity index (χ0v) is 12.6. The average Bonchev–Trinajstić information content (AvgIpc) is 2.39. The average molecular weight is 260 g/mol. The smallest absolute Gasteiger partial charge is 0.00685 e. The summed E-state index contributed by atoms with van der Waals surface area (Å²) in [6.45, 7) is 7.81. The van der Waals surface area contributed by atoms with Crippen LogP contribution in [0.3, 0.4) is 0 Å². The van der Waals surface area contributed by atoms with E-state index >= 15 is 0 Å². The number of rotatable bonds is 4. The van der Waals surface area contributed by atoms with Gasteiger partial charge in [-0.25, -0.2) is 0 Å². The number of benzene rings is 1. The Kier molecular flexibility index (Phi) is 4.64. The number of aryl methyl sites for hydroxylation is 1. The van der Waals surface area contributed by atoms with E-state index in [0.717, 1.165) is 6.54 Å². The van der Waals surface area contributed by atoms with Gasteiger partial charge in [0.05, 0.1) is 0 Å². The standard InChI is InChI=1S/C17H28N2/c1-13-4-6-14(7-5-13)17(2,3)12-19-16-10-8-15(18)9-11-16/h4-7,15-16,19H,8-12,18H2,1-3H3. The summed E-state index contributed by atoms with van der Waals surface area (Å²) < 4.78 is 0. The van der Waals surface area contributed by atoms with Crippen LogP contribution in [-0.2, 0) is 5.41 Å². The molecule has 0 unspecified atom stereocenters. The Balaban J connectivity index is 1.88. The summed E-state index contributed by atoms with van der Waals surface area (Å²) in [6.07, 6.45) is 4.79. The van der Waals surface area contributed by atoms with Gasteiger partial charge in [-0.05, 0) is 38.2 Å². The largest absolute Gasteiger partial charge is 0.328 e. The summed E-state index contributed by atoms with van der Waals surface area (Å²) in [7, 11) is 0. The Morgan fingerprint density at radius 1 is 1.11 bits per heavy atom. The summed E-state index contributed by atoms with van der Waals surface area (Å²) in [6, 6.07) is 10.0.